The Kier molecular flexibility index (Phi) is 4.57. The van der Waals surface area contributed by atoms with Gasteiger partial charge in [-0.2, -0.15) is 0 Å². The number of ether oxygens (including phenoxy) is 1. The highest BCUT2D eigenvalue weighted by Crippen LogP contribution is 2.21. The van der Waals surface area contributed by atoms with Crippen molar-refractivity contribution in [2.24, 2.45) is 0 Å². The van der Waals surface area contributed by atoms with E-state index in [1.807, 2.05) is 31.2 Å². The number of benzene rings is 2. The molecule has 0 amide bonds. The Labute approximate surface area is 142 Å². The van der Waals surface area contributed by atoms with Crippen LogP contribution in [-0.2, 0) is 11.3 Å². The van der Waals surface area contributed by atoms with Crippen molar-refractivity contribution in [3.8, 4) is 11.3 Å². The molecule has 0 fully saturated rings. The zero-order valence-electron chi connectivity index (χ0n) is 12.5. The van der Waals surface area contributed by atoms with Gasteiger partial charge in [0.1, 0.15) is 12.3 Å². The summed E-state index contributed by atoms with van der Waals surface area (Å²) in [7, 11) is 0. The van der Waals surface area contributed by atoms with Crippen LogP contribution in [0.4, 0.5) is 0 Å². The lowest BCUT2D eigenvalue weighted by Gasteiger charge is -2.02. The zero-order valence-corrected chi connectivity index (χ0v) is 14.0. The van der Waals surface area contributed by atoms with Crippen LogP contribution in [0.1, 0.15) is 21.6 Å². The number of esters is 1. The normalized spacial score (nSPS) is 10.5. The van der Waals surface area contributed by atoms with E-state index in [0.29, 0.717) is 17.0 Å². The van der Waals surface area contributed by atoms with Gasteiger partial charge in [0.05, 0.1) is 5.56 Å². The number of carbonyl (C=O) groups excluding carboxylic acids is 1. The Hall–Kier alpha value is -2.40. The fourth-order valence-electron chi connectivity index (χ4n) is 2.04. The molecule has 3 aromatic rings. The van der Waals surface area contributed by atoms with Crippen LogP contribution < -0.4 is 0 Å². The molecule has 0 saturated carbocycles. The first-order chi connectivity index (χ1) is 11.1. The first-order valence-corrected chi connectivity index (χ1v) is 7.86. The number of hydrogen-bond donors (Lipinski definition) is 0. The van der Waals surface area contributed by atoms with Crippen molar-refractivity contribution in [2.75, 3.05) is 0 Å². The number of aryl methyl sites for hydroxylation is 1. The van der Waals surface area contributed by atoms with Crippen LogP contribution in [0.15, 0.2) is 63.6 Å². The van der Waals surface area contributed by atoms with Crippen molar-refractivity contribution in [2.45, 2.75) is 13.5 Å². The maximum Gasteiger partial charge on any atom is 0.338 e. The third-order valence-electron chi connectivity index (χ3n) is 3.33. The predicted molar refractivity (Wildman–Crippen MR) is 89.9 cm³/mol. The highest BCUT2D eigenvalue weighted by Gasteiger charge is 2.11. The molecule has 0 radical (unpaired) electrons. The Morgan fingerprint density at radius 3 is 2.52 bits per heavy atom. The molecule has 0 atom stereocenters. The lowest BCUT2D eigenvalue weighted by Crippen LogP contribution is -2.05. The van der Waals surface area contributed by atoms with Gasteiger partial charge >= 0.3 is 5.97 Å². The summed E-state index contributed by atoms with van der Waals surface area (Å²) in [6.45, 7) is 2.10. The molecule has 3 rings (SSSR count). The van der Waals surface area contributed by atoms with Gasteiger partial charge in [-0.15, -0.1) is 0 Å². The van der Waals surface area contributed by atoms with Crippen molar-refractivity contribution in [3.05, 3.63) is 75.9 Å². The van der Waals surface area contributed by atoms with Crippen LogP contribution in [0.25, 0.3) is 11.3 Å². The molecule has 2 aromatic carbocycles. The molecule has 1 heterocycles. The lowest BCUT2D eigenvalue weighted by atomic mass is 10.1. The van der Waals surface area contributed by atoms with Gasteiger partial charge < -0.3 is 9.26 Å². The second kappa shape index (κ2) is 6.79. The number of carbonyl (C=O) groups is 1. The summed E-state index contributed by atoms with van der Waals surface area (Å²) < 4.78 is 11.5. The molecule has 0 saturated heterocycles. The van der Waals surface area contributed by atoms with Gasteiger partial charge in [0.25, 0.3) is 0 Å². The van der Waals surface area contributed by atoms with E-state index in [1.54, 1.807) is 30.3 Å². The summed E-state index contributed by atoms with van der Waals surface area (Å²) in [6.07, 6.45) is 0. The van der Waals surface area contributed by atoms with Gasteiger partial charge in [-0.25, -0.2) is 4.79 Å². The third-order valence-corrected chi connectivity index (χ3v) is 3.85. The molecule has 0 unspecified atom stereocenters. The van der Waals surface area contributed by atoms with E-state index in [4.69, 9.17) is 9.26 Å². The van der Waals surface area contributed by atoms with Crippen molar-refractivity contribution in [3.63, 3.8) is 0 Å². The Morgan fingerprint density at radius 2 is 1.83 bits per heavy atom. The Morgan fingerprint density at radius 1 is 1.13 bits per heavy atom. The highest BCUT2D eigenvalue weighted by molar-refractivity contribution is 9.10. The molecule has 0 N–H and O–H groups in total. The average Bonchev–Trinajstić information content (AvgIpc) is 3.03. The summed E-state index contributed by atoms with van der Waals surface area (Å²) in [5, 5.41) is 3.94. The lowest BCUT2D eigenvalue weighted by molar-refractivity contribution is 0.0464. The van der Waals surface area contributed by atoms with Gasteiger partial charge in [0.15, 0.2) is 5.76 Å². The minimum atomic E-state index is -0.391. The minimum absolute atomic E-state index is 0.0737. The fourth-order valence-corrected chi connectivity index (χ4v) is 2.31. The standard InChI is InChI=1S/C18H14BrNO3/c1-12-2-4-13(5-3-12)17-10-16(20-23-17)11-22-18(21)14-6-8-15(19)9-7-14/h2-10H,11H2,1H3. The molecule has 116 valence electrons. The molecule has 0 aliphatic carbocycles. The van der Waals surface area contributed by atoms with Crippen molar-refractivity contribution < 1.29 is 14.1 Å². The van der Waals surface area contributed by atoms with E-state index in [-0.39, 0.29) is 6.61 Å². The number of nitrogens with zero attached hydrogens (tertiary/aromatic N) is 1. The van der Waals surface area contributed by atoms with Crippen molar-refractivity contribution >= 4 is 21.9 Å². The van der Waals surface area contributed by atoms with Crippen LogP contribution in [0.2, 0.25) is 0 Å². The predicted octanol–water partition coefficient (Wildman–Crippen LogP) is 4.77. The van der Waals surface area contributed by atoms with E-state index < -0.39 is 5.97 Å². The number of aromatic nitrogens is 1. The van der Waals surface area contributed by atoms with E-state index >= 15 is 0 Å². The smallest absolute Gasteiger partial charge is 0.338 e. The van der Waals surface area contributed by atoms with Crippen LogP contribution in [-0.4, -0.2) is 11.1 Å². The summed E-state index contributed by atoms with van der Waals surface area (Å²) in [5.41, 5.74) is 3.19. The summed E-state index contributed by atoms with van der Waals surface area (Å²) in [5.74, 6) is 0.261. The largest absolute Gasteiger partial charge is 0.455 e. The van der Waals surface area contributed by atoms with Crippen molar-refractivity contribution in [1.29, 1.82) is 0 Å². The highest BCUT2D eigenvalue weighted by atomic mass is 79.9. The monoisotopic (exact) mass is 371 g/mol. The molecule has 0 spiro atoms. The summed E-state index contributed by atoms with van der Waals surface area (Å²) in [6, 6.07) is 16.7. The van der Waals surface area contributed by atoms with Crippen molar-refractivity contribution in [1.82, 2.24) is 5.16 Å². The van der Waals surface area contributed by atoms with Gasteiger partial charge in [-0.1, -0.05) is 50.9 Å². The molecule has 0 aliphatic rings. The SMILES string of the molecule is Cc1ccc(-c2cc(COC(=O)c3ccc(Br)cc3)no2)cc1. The van der Waals surface area contributed by atoms with E-state index in [2.05, 4.69) is 21.1 Å². The van der Waals surface area contributed by atoms with Gasteiger partial charge in [0.2, 0.25) is 0 Å². The second-order valence-corrected chi connectivity index (χ2v) is 6.05. The van der Waals surface area contributed by atoms with Crippen LogP contribution >= 0.6 is 15.9 Å². The first-order valence-electron chi connectivity index (χ1n) is 7.07. The third kappa shape index (κ3) is 3.87. The number of halogens is 1. The van der Waals surface area contributed by atoms with E-state index in [1.165, 1.54) is 5.56 Å². The first kappa shape index (κ1) is 15.5. The van der Waals surface area contributed by atoms with Crippen LogP contribution in [0, 0.1) is 6.92 Å². The van der Waals surface area contributed by atoms with E-state index in [0.717, 1.165) is 10.0 Å². The molecule has 1 aromatic heterocycles. The molecule has 0 aliphatic heterocycles. The Bertz CT molecular complexity index is 807. The molecular formula is C18H14BrNO3. The molecule has 0 bridgehead atoms. The van der Waals surface area contributed by atoms with Crippen LogP contribution in [0.5, 0.6) is 0 Å². The summed E-state index contributed by atoms with van der Waals surface area (Å²) in [4.78, 5) is 11.9. The molecule has 5 heteroatoms. The minimum Gasteiger partial charge on any atom is -0.455 e. The van der Waals surface area contributed by atoms with Gasteiger partial charge in [0, 0.05) is 16.1 Å². The zero-order chi connectivity index (χ0) is 16.2. The maximum absolute atomic E-state index is 11.9. The van der Waals surface area contributed by atoms with Gasteiger partial charge in [-0.3, -0.25) is 0 Å². The molecular weight excluding hydrogens is 358 g/mol. The van der Waals surface area contributed by atoms with Gasteiger partial charge in [-0.05, 0) is 31.2 Å². The van der Waals surface area contributed by atoms with E-state index in [9.17, 15) is 4.79 Å². The van der Waals surface area contributed by atoms with Crippen LogP contribution in [0.3, 0.4) is 0 Å². The fraction of sp³-hybridized carbons (Fsp3) is 0.111. The topological polar surface area (TPSA) is 52.3 Å². The quantitative estimate of drug-likeness (QED) is 0.619. The number of hydrogen-bond acceptors (Lipinski definition) is 4. The number of rotatable bonds is 4. The Balaban J connectivity index is 1.64. The summed E-state index contributed by atoms with van der Waals surface area (Å²) >= 11 is 3.33. The molecule has 4 nitrogen and oxygen atoms in total. The second-order valence-electron chi connectivity index (χ2n) is 5.13. The molecule has 23 heavy (non-hydrogen) atoms. The maximum atomic E-state index is 11.9. The average molecular weight is 372 g/mol.